The summed E-state index contributed by atoms with van der Waals surface area (Å²) < 4.78 is 1.16. The minimum absolute atomic E-state index is 0.451. The van der Waals surface area contributed by atoms with Crippen molar-refractivity contribution in [3.8, 4) is 0 Å². The van der Waals surface area contributed by atoms with E-state index in [0.717, 1.165) is 4.47 Å². The van der Waals surface area contributed by atoms with Crippen molar-refractivity contribution < 1.29 is 0 Å². The summed E-state index contributed by atoms with van der Waals surface area (Å²) in [6.45, 7) is 6.71. The van der Waals surface area contributed by atoms with Gasteiger partial charge < -0.3 is 5.32 Å². The number of aryl methyl sites for hydroxylation is 1. The molecule has 0 aliphatic heterocycles. The molecule has 0 saturated heterocycles. The maximum absolute atomic E-state index is 3.54. The molecule has 1 rings (SSSR count). The quantitative estimate of drug-likeness (QED) is 0.869. The van der Waals surface area contributed by atoms with Gasteiger partial charge in [-0.15, -0.1) is 0 Å². The standard InChI is InChI=1S/C13H20BrN/c1-5-9(2)13(15-4)12-8-11(14)7-6-10(12)3/h6-9,13,15H,5H2,1-4H3. The Bertz CT molecular complexity index is 322. The Morgan fingerprint density at radius 3 is 2.60 bits per heavy atom. The van der Waals surface area contributed by atoms with Crippen LogP contribution in [0.5, 0.6) is 0 Å². The fraction of sp³-hybridized carbons (Fsp3) is 0.538. The molecule has 1 nitrogen and oxygen atoms in total. The van der Waals surface area contributed by atoms with E-state index < -0.39 is 0 Å². The Morgan fingerprint density at radius 1 is 1.40 bits per heavy atom. The predicted octanol–water partition coefficient (Wildman–Crippen LogP) is 4.06. The predicted molar refractivity (Wildman–Crippen MR) is 70.1 cm³/mol. The number of halogens is 1. The third kappa shape index (κ3) is 3.05. The van der Waals surface area contributed by atoms with E-state index >= 15 is 0 Å². The van der Waals surface area contributed by atoms with Gasteiger partial charge in [0.25, 0.3) is 0 Å². The van der Waals surface area contributed by atoms with Crippen LogP contribution in [0.15, 0.2) is 22.7 Å². The van der Waals surface area contributed by atoms with Gasteiger partial charge in [0.05, 0.1) is 0 Å². The molecule has 0 spiro atoms. The van der Waals surface area contributed by atoms with E-state index in [1.807, 2.05) is 7.05 Å². The Hall–Kier alpha value is -0.340. The van der Waals surface area contributed by atoms with Gasteiger partial charge in [-0.3, -0.25) is 0 Å². The van der Waals surface area contributed by atoms with Crippen molar-refractivity contribution in [3.05, 3.63) is 33.8 Å². The van der Waals surface area contributed by atoms with Crippen molar-refractivity contribution in [2.24, 2.45) is 5.92 Å². The second-order valence-electron chi connectivity index (χ2n) is 4.15. The first-order valence-electron chi connectivity index (χ1n) is 5.53. The first-order chi connectivity index (χ1) is 7.10. The highest BCUT2D eigenvalue weighted by Gasteiger charge is 2.17. The molecule has 0 saturated carbocycles. The molecule has 2 heteroatoms. The van der Waals surface area contributed by atoms with Crippen molar-refractivity contribution in [2.45, 2.75) is 33.2 Å². The van der Waals surface area contributed by atoms with Crippen molar-refractivity contribution >= 4 is 15.9 Å². The Kier molecular flexibility index (Phi) is 4.81. The van der Waals surface area contributed by atoms with Crippen LogP contribution >= 0.6 is 15.9 Å². The minimum Gasteiger partial charge on any atom is -0.313 e. The lowest BCUT2D eigenvalue weighted by Crippen LogP contribution is -2.23. The van der Waals surface area contributed by atoms with E-state index in [2.05, 4.69) is 60.2 Å². The molecule has 0 bridgehead atoms. The molecule has 2 unspecified atom stereocenters. The molecule has 0 aliphatic rings. The van der Waals surface area contributed by atoms with Gasteiger partial charge in [0.1, 0.15) is 0 Å². The number of hydrogen-bond donors (Lipinski definition) is 1. The van der Waals surface area contributed by atoms with Gasteiger partial charge in [-0.25, -0.2) is 0 Å². The molecule has 0 amide bonds. The van der Waals surface area contributed by atoms with Gasteiger partial charge in [0, 0.05) is 10.5 Å². The highest BCUT2D eigenvalue weighted by Crippen LogP contribution is 2.28. The lowest BCUT2D eigenvalue weighted by Gasteiger charge is -2.24. The van der Waals surface area contributed by atoms with E-state index in [1.165, 1.54) is 17.5 Å². The molecule has 1 N–H and O–H groups in total. The monoisotopic (exact) mass is 269 g/mol. The minimum atomic E-state index is 0.451. The molecular formula is C13H20BrN. The van der Waals surface area contributed by atoms with Crippen LogP contribution in [0.3, 0.4) is 0 Å². The van der Waals surface area contributed by atoms with Crippen molar-refractivity contribution in [1.82, 2.24) is 5.32 Å². The summed E-state index contributed by atoms with van der Waals surface area (Å²) in [5.74, 6) is 0.656. The summed E-state index contributed by atoms with van der Waals surface area (Å²) in [5.41, 5.74) is 2.76. The molecule has 1 aromatic rings. The van der Waals surface area contributed by atoms with E-state index in [1.54, 1.807) is 0 Å². The normalized spacial score (nSPS) is 15.0. The van der Waals surface area contributed by atoms with Gasteiger partial charge in [-0.2, -0.15) is 0 Å². The first kappa shape index (κ1) is 12.7. The van der Waals surface area contributed by atoms with Gasteiger partial charge >= 0.3 is 0 Å². The Labute approximate surface area is 101 Å². The zero-order valence-corrected chi connectivity index (χ0v) is 11.6. The molecule has 15 heavy (non-hydrogen) atoms. The van der Waals surface area contributed by atoms with E-state index in [9.17, 15) is 0 Å². The molecule has 84 valence electrons. The fourth-order valence-corrected chi connectivity index (χ4v) is 2.31. The highest BCUT2D eigenvalue weighted by atomic mass is 79.9. The number of hydrogen-bond acceptors (Lipinski definition) is 1. The van der Waals surface area contributed by atoms with Crippen LogP contribution in [0.4, 0.5) is 0 Å². The third-order valence-electron chi connectivity index (χ3n) is 3.10. The summed E-state index contributed by atoms with van der Waals surface area (Å²) >= 11 is 3.54. The van der Waals surface area contributed by atoms with Crippen LogP contribution in [0.2, 0.25) is 0 Å². The summed E-state index contributed by atoms with van der Waals surface area (Å²) in [4.78, 5) is 0. The summed E-state index contributed by atoms with van der Waals surface area (Å²) in [6, 6.07) is 6.95. The number of nitrogens with one attached hydrogen (secondary N) is 1. The second kappa shape index (κ2) is 5.66. The molecule has 0 heterocycles. The molecule has 1 aromatic carbocycles. The third-order valence-corrected chi connectivity index (χ3v) is 3.59. The van der Waals surface area contributed by atoms with Crippen molar-refractivity contribution in [3.63, 3.8) is 0 Å². The maximum Gasteiger partial charge on any atom is 0.0346 e. The Balaban J connectivity index is 3.05. The van der Waals surface area contributed by atoms with Crippen LogP contribution in [0, 0.1) is 12.8 Å². The SMILES string of the molecule is CCC(C)C(NC)c1cc(Br)ccc1C. The number of rotatable bonds is 4. The summed E-state index contributed by atoms with van der Waals surface area (Å²) in [5, 5.41) is 3.42. The summed E-state index contributed by atoms with van der Waals surface area (Å²) in [6.07, 6.45) is 1.19. The molecule has 0 radical (unpaired) electrons. The van der Waals surface area contributed by atoms with Gasteiger partial charge in [-0.05, 0) is 43.1 Å². The summed E-state index contributed by atoms with van der Waals surface area (Å²) in [7, 11) is 2.04. The zero-order chi connectivity index (χ0) is 11.4. The van der Waals surface area contributed by atoms with Crippen LogP contribution in [0.1, 0.15) is 37.4 Å². The van der Waals surface area contributed by atoms with Crippen molar-refractivity contribution in [1.29, 1.82) is 0 Å². The highest BCUT2D eigenvalue weighted by molar-refractivity contribution is 9.10. The van der Waals surface area contributed by atoms with Gasteiger partial charge in [-0.1, -0.05) is 42.3 Å². The largest absolute Gasteiger partial charge is 0.313 e. The number of benzene rings is 1. The molecule has 0 aromatic heterocycles. The lowest BCUT2D eigenvalue weighted by molar-refractivity contribution is 0.399. The fourth-order valence-electron chi connectivity index (χ4n) is 1.93. The molecular weight excluding hydrogens is 250 g/mol. The molecule has 2 atom stereocenters. The first-order valence-corrected chi connectivity index (χ1v) is 6.32. The van der Waals surface area contributed by atoms with Gasteiger partial charge in [0.15, 0.2) is 0 Å². The maximum atomic E-state index is 3.54. The second-order valence-corrected chi connectivity index (χ2v) is 5.07. The van der Waals surface area contributed by atoms with Crippen LogP contribution < -0.4 is 5.32 Å². The Morgan fingerprint density at radius 2 is 2.07 bits per heavy atom. The van der Waals surface area contributed by atoms with Crippen molar-refractivity contribution in [2.75, 3.05) is 7.05 Å². The average molecular weight is 270 g/mol. The van der Waals surface area contributed by atoms with E-state index in [4.69, 9.17) is 0 Å². The van der Waals surface area contributed by atoms with Gasteiger partial charge in [0.2, 0.25) is 0 Å². The topological polar surface area (TPSA) is 12.0 Å². The van der Waals surface area contributed by atoms with Crippen LogP contribution in [-0.2, 0) is 0 Å². The van der Waals surface area contributed by atoms with E-state index in [-0.39, 0.29) is 0 Å². The smallest absolute Gasteiger partial charge is 0.0346 e. The average Bonchev–Trinajstić information content (AvgIpc) is 2.23. The van der Waals surface area contributed by atoms with E-state index in [0.29, 0.717) is 12.0 Å². The van der Waals surface area contributed by atoms with Crippen LogP contribution in [-0.4, -0.2) is 7.05 Å². The van der Waals surface area contributed by atoms with Crippen LogP contribution in [0.25, 0.3) is 0 Å². The molecule has 0 aliphatic carbocycles. The molecule has 0 fully saturated rings. The lowest BCUT2D eigenvalue weighted by atomic mass is 9.90. The zero-order valence-electron chi connectivity index (χ0n) is 9.97.